The van der Waals surface area contributed by atoms with Gasteiger partial charge >= 0.3 is 0 Å². The van der Waals surface area contributed by atoms with Crippen LogP contribution in [0.25, 0.3) is 0 Å². The maximum absolute atomic E-state index is 11.8. The second-order valence-corrected chi connectivity index (χ2v) is 4.79. The molecule has 0 atom stereocenters. The lowest BCUT2D eigenvalue weighted by Crippen LogP contribution is -2.37. The summed E-state index contributed by atoms with van der Waals surface area (Å²) in [4.78, 5) is 13.5. The fraction of sp³-hybridized carbons (Fsp3) is 0.462. The van der Waals surface area contributed by atoms with Gasteiger partial charge < -0.3 is 10.2 Å². The molecule has 0 spiro atoms. The number of benzene rings is 1. The van der Waals surface area contributed by atoms with E-state index in [2.05, 4.69) is 5.32 Å². The largest absolute Gasteiger partial charge is 0.375 e. The van der Waals surface area contributed by atoms with Gasteiger partial charge in [0.15, 0.2) is 0 Å². The Morgan fingerprint density at radius 3 is 2.65 bits per heavy atom. The molecule has 1 N–H and O–H groups in total. The predicted octanol–water partition coefficient (Wildman–Crippen LogP) is 2.93. The van der Waals surface area contributed by atoms with Crippen molar-refractivity contribution in [2.45, 2.75) is 26.8 Å². The first-order chi connectivity index (χ1) is 7.93. The zero-order chi connectivity index (χ0) is 13.0. The van der Waals surface area contributed by atoms with Gasteiger partial charge in [0.25, 0.3) is 0 Å². The Morgan fingerprint density at radius 1 is 1.47 bits per heavy atom. The van der Waals surface area contributed by atoms with Gasteiger partial charge in [-0.1, -0.05) is 23.7 Å². The van der Waals surface area contributed by atoms with Crippen LogP contribution in [0.4, 0.5) is 5.69 Å². The van der Waals surface area contributed by atoms with Crippen LogP contribution in [0.2, 0.25) is 5.02 Å². The highest BCUT2D eigenvalue weighted by Gasteiger charge is 2.12. The summed E-state index contributed by atoms with van der Waals surface area (Å²) >= 11 is 6.07. The van der Waals surface area contributed by atoms with E-state index in [1.807, 2.05) is 39.0 Å². The molecule has 0 heterocycles. The SMILES string of the molecule is Cc1cccc(Cl)c1NCC(=O)N(C)C(C)C. The second-order valence-electron chi connectivity index (χ2n) is 4.38. The molecule has 0 fully saturated rings. The first kappa shape index (κ1) is 13.8. The maximum atomic E-state index is 11.8. The molecule has 0 aliphatic rings. The van der Waals surface area contributed by atoms with E-state index in [1.165, 1.54) is 0 Å². The predicted molar refractivity (Wildman–Crippen MR) is 72.6 cm³/mol. The van der Waals surface area contributed by atoms with Gasteiger partial charge in [0.05, 0.1) is 17.3 Å². The van der Waals surface area contributed by atoms with E-state index in [-0.39, 0.29) is 18.5 Å². The summed E-state index contributed by atoms with van der Waals surface area (Å²) in [5, 5.41) is 3.74. The Balaban J connectivity index is 2.65. The molecule has 94 valence electrons. The average Bonchev–Trinajstić information content (AvgIpc) is 2.26. The normalized spacial score (nSPS) is 10.5. The van der Waals surface area contributed by atoms with Crippen molar-refractivity contribution in [1.29, 1.82) is 0 Å². The molecule has 0 bridgehead atoms. The third-order valence-electron chi connectivity index (χ3n) is 2.81. The average molecular weight is 255 g/mol. The van der Waals surface area contributed by atoms with Crippen LogP contribution in [0.3, 0.4) is 0 Å². The standard InChI is InChI=1S/C13H19ClN2O/c1-9(2)16(4)12(17)8-15-13-10(3)6-5-7-11(13)14/h5-7,9,15H,8H2,1-4H3. The number of carbonyl (C=O) groups excluding carboxylic acids is 1. The smallest absolute Gasteiger partial charge is 0.241 e. The van der Waals surface area contributed by atoms with Gasteiger partial charge in [-0.25, -0.2) is 0 Å². The van der Waals surface area contributed by atoms with Crippen LogP contribution < -0.4 is 5.32 Å². The second kappa shape index (κ2) is 5.92. The van der Waals surface area contributed by atoms with E-state index in [0.29, 0.717) is 5.02 Å². The van der Waals surface area contributed by atoms with Crippen molar-refractivity contribution in [3.63, 3.8) is 0 Å². The number of halogens is 1. The molecular weight excluding hydrogens is 236 g/mol. The molecule has 3 nitrogen and oxygen atoms in total. The number of amides is 1. The van der Waals surface area contributed by atoms with E-state index < -0.39 is 0 Å². The van der Waals surface area contributed by atoms with Crippen LogP contribution >= 0.6 is 11.6 Å². The third-order valence-corrected chi connectivity index (χ3v) is 3.12. The summed E-state index contributed by atoms with van der Waals surface area (Å²) in [5.74, 6) is 0.0549. The molecule has 17 heavy (non-hydrogen) atoms. The third kappa shape index (κ3) is 3.63. The number of aryl methyl sites for hydroxylation is 1. The molecule has 1 aromatic carbocycles. The summed E-state index contributed by atoms with van der Waals surface area (Å²) in [6, 6.07) is 5.88. The van der Waals surface area contributed by atoms with Gasteiger partial charge in [-0.05, 0) is 32.4 Å². The topological polar surface area (TPSA) is 32.3 Å². The molecule has 1 aromatic rings. The van der Waals surface area contributed by atoms with Crippen molar-refractivity contribution in [3.8, 4) is 0 Å². The zero-order valence-corrected chi connectivity index (χ0v) is 11.5. The molecule has 0 aliphatic heterocycles. The number of nitrogens with zero attached hydrogens (tertiary/aromatic N) is 1. The molecule has 1 amide bonds. The Hall–Kier alpha value is -1.22. The van der Waals surface area contributed by atoms with Crippen LogP contribution in [0.5, 0.6) is 0 Å². The van der Waals surface area contributed by atoms with Crippen molar-refractivity contribution in [3.05, 3.63) is 28.8 Å². The first-order valence-corrected chi connectivity index (χ1v) is 6.06. The van der Waals surface area contributed by atoms with Crippen LogP contribution in [-0.4, -0.2) is 30.4 Å². The summed E-state index contributed by atoms with van der Waals surface area (Å²) in [6.07, 6.45) is 0. The monoisotopic (exact) mass is 254 g/mol. The number of nitrogens with one attached hydrogen (secondary N) is 1. The molecule has 1 rings (SSSR count). The van der Waals surface area contributed by atoms with Gasteiger partial charge in [-0.2, -0.15) is 0 Å². The Morgan fingerprint density at radius 2 is 2.12 bits per heavy atom. The number of para-hydroxylation sites is 1. The van der Waals surface area contributed by atoms with Gasteiger partial charge in [0, 0.05) is 13.1 Å². The quantitative estimate of drug-likeness (QED) is 0.896. The molecule has 0 saturated heterocycles. The van der Waals surface area contributed by atoms with Gasteiger partial charge in [-0.3, -0.25) is 4.79 Å². The molecule has 0 radical (unpaired) electrons. The lowest BCUT2D eigenvalue weighted by atomic mass is 10.2. The van der Waals surface area contributed by atoms with Crippen molar-refractivity contribution in [2.24, 2.45) is 0 Å². The Bertz CT molecular complexity index is 384. The highest BCUT2D eigenvalue weighted by Crippen LogP contribution is 2.24. The molecule has 4 heteroatoms. The molecule has 0 aromatic heterocycles. The molecule has 0 saturated carbocycles. The lowest BCUT2D eigenvalue weighted by molar-refractivity contribution is -0.129. The minimum atomic E-state index is 0.0549. The Kier molecular flexibility index (Phi) is 4.82. The van der Waals surface area contributed by atoms with Crippen molar-refractivity contribution in [2.75, 3.05) is 18.9 Å². The summed E-state index contributed by atoms with van der Waals surface area (Å²) in [7, 11) is 1.80. The number of likely N-dealkylation sites (N-methyl/N-ethyl adjacent to an activating group) is 1. The van der Waals surface area contributed by atoms with Gasteiger partial charge in [0.1, 0.15) is 0 Å². The van der Waals surface area contributed by atoms with Crippen molar-refractivity contribution in [1.82, 2.24) is 4.90 Å². The van der Waals surface area contributed by atoms with E-state index in [1.54, 1.807) is 11.9 Å². The fourth-order valence-corrected chi connectivity index (χ4v) is 1.72. The number of anilines is 1. The van der Waals surface area contributed by atoms with E-state index in [4.69, 9.17) is 11.6 Å². The summed E-state index contributed by atoms with van der Waals surface area (Å²) in [5.41, 5.74) is 1.87. The van der Waals surface area contributed by atoms with Crippen LogP contribution in [0.1, 0.15) is 19.4 Å². The summed E-state index contributed by atoms with van der Waals surface area (Å²) in [6.45, 7) is 6.20. The first-order valence-electron chi connectivity index (χ1n) is 5.68. The van der Waals surface area contributed by atoms with Crippen LogP contribution in [-0.2, 0) is 4.79 Å². The van der Waals surface area contributed by atoms with Gasteiger partial charge in [-0.15, -0.1) is 0 Å². The van der Waals surface area contributed by atoms with Crippen LogP contribution in [0, 0.1) is 6.92 Å². The lowest BCUT2D eigenvalue weighted by Gasteiger charge is -2.22. The van der Waals surface area contributed by atoms with Crippen molar-refractivity contribution < 1.29 is 4.79 Å². The van der Waals surface area contributed by atoms with E-state index >= 15 is 0 Å². The number of hydrogen-bond donors (Lipinski definition) is 1. The fourth-order valence-electron chi connectivity index (χ4n) is 1.43. The number of rotatable bonds is 4. The summed E-state index contributed by atoms with van der Waals surface area (Å²) < 4.78 is 0. The zero-order valence-electron chi connectivity index (χ0n) is 10.7. The number of hydrogen-bond acceptors (Lipinski definition) is 2. The highest BCUT2D eigenvalue weighted by atomic mass is 35.5. The van der Waals surface area contributed by atoms with Crippen LogP contribution in [0.15, 0.2) is 18.2 Å². The highest BCUT2D eigenvalue weighted by molar-refractivity contribution is 6.33. The molecule has 0 unspecified atom stereocenters. The Labute approximate surface area is 108 Å². The minimum Gasteiger partial charge on any atom is -0.375 e. The number of carbonyl (C=O) groups is 1. The minimum absolute atomic E-state index is 0.0549. The van der Waals surface area contributed by atoms with E-state index in [9.17, 15) is 4.79 Å². The molecular formula is C13H19ClN2O. The van der Waals surface area contributed by atoms with Crippen molar-refractivity contribution >= 4 is 23.2 Å². The molecule has 0 aliphatic carbocycles. The van der Waals surface area contributed by atoms with Gasteiger partial charge in [0.2, 0.25) is 5.91 Å². The maximum Gasteiger partial charge on any atom is 0.241 e. The van der Waals surface area contributed by atoms with E-state index in [0.717, 1.165) is 11.3 Å².